The van der Waals surface area contributed by atoms with E-state index in [4.69, 9.17) is 13.6 Å². The minimum Gasteiger partial charge on any atom is -0.467 e. The summed E-state index contributed by atoms with van der Waals surface area (Å²) in [6, 6.07) is 13.1. The number of carbonyl (C=O) groups is 1. The first-order chi connectivity index (χ1) is 16.7. The number of furan rings is 2. The van der Waals surface area contributed by atoms with Gasteiger partial charge in [0.05, 0.1) is 24.7 Å². The number of ether oxygens (including phenoxy) is 1. The number of benzene rings is 1. The summed E-state index contributed by atoms with van der Waals surface area (Å²) in [7, 11) is 0. The highest BCUT2D eigenvalue weighted by atomic mass is 32.2. The van der Waals surface area contributed by atoms with Crippen LogP contribution in [0.25, 0.3) is 11.0 Å². The Bertz CT molecular complexity index is 1290. The molecule has 1 amide bonds. The normalized spacial score (nSPS) is 20.4. The maximum atomic E-state index is 13.3. The second-order valence-electron chi connectivity index (χ2n) is 8.24. The SMILES string of the molecule is O=C(CSc1nnnn1C[C@@H]1CCCO1)N1N=C(c2cc3ccccc3o2)C[C@@H]1c1ccco1. The van der Waals surface area contributed by atoms with Crippen molar-refractivity contribution in [3.05, 3.63) is 60.2 Å². The van der Waals surface area contributed by atoms with E-state index in [2.05, 4.69) is 20.6 Å². The van der Waals surface area contributed by atoms with Crippen molar-refractivity contribution in [2.24, 2.45) is 5.10 Å². The van der Waals surface area contributed by atoms with Crippen LogP contribution in [-0.4, -0.2) is 55.3 Å². The van der Waals surface area contributed by atoms with E-state index in [9.17, 15) is 4.79 Å². The molecule has 4 aromatic rings. The van der Waals surface area contributed by atoms with E-state index in [-0.39, 0.29) is 23.8 Å². The van der Waals surface area contributed by atoms with Crippen molar-refractivity contribution in [1.29, 1.82) is 0 Å². The maximum absolute atomic E-state index is 13.3. The van der Waals surface area contributed by atoms with Crippen LogP contribution in [0.1, 0.15) is 36.8 Å². The molecular formula is C23H22N6O4S. The Morgan fingerprint density at radius 3 is 2.97 bits per heavy atom. The van der Waals surface area contributed by atoms with Gasteiger partial charge >= 0.3 is 0 Å². The number of thioether (sulfide) groups is 1. The third kappa shape index (κ3) is 4.12. The van der Waals surface area contributed by atoms with Crippen molar-refractivity contribution in [3.8, 4) is 0 Å². The van der Waals surface area contributed by atoms with Crippen LogP contribution in [0.5, 0.6) is 0 Å². The van der Waals surface area contributed by atoms with E-state index in [0.29, 0.717) is 35.4 Å². The molecule has 1 saturated heterocycles. The van der Waals surface area contributed by atoms with E-state index in [1.54, 1.807) is 10.9 Å². The molecular weight excluding hydrogens is 456 g/mol. The smallest absolute Gasteiger partial charge is 0.253 e. The summed E-state index contributed by atoms with van der Waals surface area (Å²) in [6.07, 6.45) is 4.24. The second kappa shape index (κ2) is 9.07. The van der Waals surface area contributed by atoms with Crippen LogP contribution in [0.15, 0.2) is 67.8 Å². The Morgan fingerprint density at radius 2 is 2.15 bits per heavy atom. The number of fused-ring (bicyclic) bond motifs is 1. The molecule has 0 unspecified atom stereocenters. The quantitative estimate of drug-likeness (QED) is 0.370. The standard InChI is InChI=1S/C23H22N6O4S/c30-22(14-34-23-24-26-27-28(23)13-16-6-3-9-31-16)29-18(20-8-4-10-32-20)12-17(25-29)21-11-15-5-1-2-7-19(15)33-21/h1-2,4-5,7-8,10-11,16,18H,3,6,9,12-14H2/t16-,18+/m0/s1. The van der Waals surface area contributed by atoms with Crippen molar-refractivity contribution < 1.29 is 18.4 Å². The van der Waals surface area contributed by atoms with Gasteiger partial charge in [-0.3, -0.25) is 4.79 Å². The molecule has 6 rings (SSSR count). The van der Waals surface area contributed by atoms with Crippen LogP contribution in [0, 0.1) is 0 Å². The van der Waals surface area contributed by atoms with E-state index < -0.39 is 0 Å². The summed E-state index contributed by atoms with van der Waals surface area (Å²) in [5.41, 5.74) is 1.49. The van der Waals surface area contributed by atoms with Gasteiger partial charge in [0.25, 0.3) is 5.91 Å². The number of hydrazone groups is 1. The molecule has 1 aromatic carbocycles. The summed E-state index contributed by atoms with van der Waals surface area (Å²) < 4.78 is 19.0. The van der Waals surface area contributed by atoms with Crippen LogP contribution < -0.4 is 0 Å². The van der Waals surface area contributed by atoms with Crippen LogP contribution in [0.2, 0.25) is 0 Å². The van der Waals surface area contributed by atoms with Crippen molar-refractivity contribution in [3.63, 3.8) is 0 Å². The molecule has 0 N–H and O–H groups in total. The molecule has 174 valence electrons. The largest absolute Gasteiger partial charge is 0.467 e. The number of hydrogen-bond acceptors (Lipinski definition) is 9. The average Bonchev–Trinajstić information content (AvgIpc) is 3.66. The van der Waals surface area contributed by atoms with Crippen LogP contribution in [0.4, 0.5) is 0 Å². The van der Waals surface area contributed by atoms with Gasteiger partial charge in [-0.1, -0.05) is 30.0 Å². The van der Waals surface area contributed by atoms with Crippen LogP contribution in [-0.2, 0) is 16.1 Å². The number of hydrogen-bond donors (Lipinski definition) is 0. The number of para-hydroxylation sites is 1. The van der Waals surface area contributed by atoms with Gasteiger partial charge in [-0.2, -0.15) is 5.10 Å². The Balaban J connectivity index is 1.20. The number of amides is 1. The zero-order valence-electron chi connectivity index (χ0n) is 18.2. The van der Waals surface area contributed by atoms with Crippen LogP contribution >= 0.6 is 11.8 Å². The van der Waals surface area contributed by atoms with Gasteiger partial charge in [0.1, 0.15) is 23.1 Å². The number of rotatable bonds is 7. The number of aromatic nitrogens is 4. The molecule has 5 heterocycles. The summed E-state index contributed by atoms with van der Waals surface area (Å²) >= 11 is 1.29. The van der Waals surface area contributed by atoms with Gasteiger partial charge in [0.15, 0.2) is 5.76 Å². The minimum absolute atomic E-state index is 0.108. The predicted molar refractivity (Wildman–Crippen MR) is 123 cm³/mol. The van der Waals surface area contributed by atoms with Gasteiger partial charge in [-0.05, 0) is 47.5 Å². The molecule has 2 atom stereocenters. The number of nitrogens with zero attached hydrogens (tertiary/aromatic N) is 6. The molecule has 0 bridgehead atoms. The van der Waals surface area contributed by atoms with Gasteiger partial charge in [0.2, 0.25) is 5.16 Å². The molecule has 11 heteroatoms. The fourth-order valence-electron chi connectivity index (χ4n) is 4.30. The topological polar surface area (TPSA) is 112 Å². The maximum Gasteiger partial charge on any atom is 0.253 e. The Labute approximate surface area is 198 Å². The zero-order valence-corrected chi connectivity index (χ0v) is 19.1. The molecule has 2 aliphatic heterocycles. The predicted octanol–water partition coefficient (Wildman–Crippen LogP) is 3.66. The highest BCUT2D eigenvalue weighted by Crippen LogP contribution is 2.35. The molecule has 3 aromatic heterocycles. The lowest BCUT2D eigenvalue weighted by Crippen LogP contribution is -2.28. The van der Waals surface area contributed by atoms with Crippen molar-refractivity contribution >= 4 is 34.3 Å². The molecule has 0 aliphatic carbocycles. The fraction of sp³-hybridized carbons (Fsp3) is 0.348. The number of carbonyl (C=O) groups excluding carboxylic acids is 1. The molecule has 2 aliphatic rings. The van der Waals surface area contributed by atoms with Crippen molar-refractivity contribution in [2.75, 3.05) is 12.4 Å². The van der Waals surface area contributed by atoms with E-state index in [0.717, 1.165) is 30.4 Å². The molecule has 10 nitrogen and oxygen atoms in total. The zero-order chi connectivity index (χ0) is 22.9. The minimum atomic E-state index is -0.339. The van der Waals surface area contributed by atoms with Gasteiger partial charge in [0, 0.05) is 18.4 Å². The van der Waals surface area contributed by atoms with Crippen molar-refractivity contribution in [1.82, 2.24) is 25.2 Å². The molecule has 34 heavy (non-hydrogen) atoms. The summed E-state index contributed by atoms with van der Waals surface area (Å²) in [4.78, 5) is 13.3. The van der Waals surface area contributed by atoms with E-state index in [1.807, 2.05) is 42.5 Å². The molecule has 0 saturated carbocycles. The van der Waals surface area contributed by atoms with Crippen molar-refractivity contribution in [2.45, 2.75) is 43.1 Å². The lowest BCUT2D eigenvalue weighted by atomic mass is 10.1. The molecule has 0 spiro atoms. The number of tetrazole rings is 1. The van der Waals surface area contributed by atoms with Gasteiger partial charge in [-0.25, -0.2) is 9.69 Å². The third-order valence-electron chi connectivity index (χ3n) is 5.97. The average molecular weight is 479 g/mol. The second-order valence-corrected chi connectivity index (χ2v) is 9.18. The van der Waals surface area contributed by atoms with E-state index >= 15 is 0 Å². The Kier molecular flexibility index (Phi) is 5.63. The fourth-order valence-corrected chi connectivity index (χ4v) is 5.04. The first kappa shape index (κ1) is 21.1. The van der Waals surface area contributed by atoms with Gasteiger partial charge < -0.3 is 13.6 Å². The lowest BCUT2D eigenvalue weighted by Gasteiger charge is -2.19. The highest BCUT2D eigenvalue weighted by Gasteiger charge is 2.36. The summed E-state index contributed by atoms with van der Waals surface area (Å²) in [6.45, 7) is 1.35. The Morgan fingerprint density at radius 1 is 1.21 bits per heavy atom. The highest BCUT2D eigenvalue weighted by molar-refractivity contribution is 7.99. The Hall–Kier alpha value is -3.44. The van der Waals surface area contributed by atoms with Gasteiger partial charge in [-0.15, -0.1) is 5.10 Å². The monoisotopic (exact) mass is 478 g/mol. The molecule has 1 fully saturated rings. The summed E-state index contributed by atoms with van der Waals surface area (Å²) in [5, 5.41) is 19.6. The molecule has 0 radical (unpaired) electrons. The van der Waals surface area contributed by atoms with Crippen LogP contribution in [0.3, 0.4) is 0 Å². The third-order valence-corrected chi connectivity index (χ3v) is 6.91. The first-order valence-corrected chi connectivity index (χ1v) is 12.2. The van der Waals surface area contributed by atoms with E-state index in [1.165, 1.54) is 16.8 Å². The first-order valence-electron chi connectivity index (χ1n) is 11.2. The summed E-state index contributed by atoms with van der Waals surface area (Å²) in [5.74, 6) is 1.31. The lowest BCUT2D eigenvalue weighted by molar-refractivity contribution is -0.130.